The van der Waals surface area contributed by atoms with Crippen LogP contribution in [0.5, 0.6) is 5.75 Å². The van der Waals surface area contributed by atoms with Gasteiger partial charge in [-0.15, -0.1) is 0 Å². The van der Waals surface area contributed by atoms with E-state index in [-0.39, 0.29) is 5.75 Å². The monoisotopic (exact) mass is 218 g/mol. The van der Waals surface area contributed by atoms with Crippen LogP contribution in [0.2, 0.25) is 0 Å². The second kappa shape index (κ2) is 4.55. The lowest BCUT2D eigenvalue weighted by Gasteiger charge is -2.12. The van der Waals surface area contributed by atoms with Gasteiger partial charge in [-0.3, -0.25) is 0 Å². The van der Waals surface area contributed by atoms with Gasteiger partial charge in [0, 0.05) is 0 Å². The smallest absolute Gasteiger partial charge is 0.419 e. The molecule has 4 heteroatoms. The Kier molecular flexibility index (Phi) is 3.61. The van der Waals surface area contributed by atoms with Crippen molar-refractivity contribution in [3.8, 4) is 5.75 Å². The quantitative estimate of drug-likeness (QED) is 0.752. The Labute approximate surface area is 86.9 Å². The van der Waals surface area contributed by atoms with E-state index >= 15 is 0 Å². The van der Waals surface area contributed by atoms with Gasteiger partial charge in [-0.1, -0.05) is 19.4 Å². The van der Waals surface area contributed by atoms with E-state index in [0.717, 1.165) is 24.5 Å². The van der Waals surface area contributed by atoms with Crippen molar-refractivity contribution in [2.75, 3.05) is 7.11 Å². The fourth-order valence-corrected chi connectivity index (χ4v) is 1.41. The van der Waals surface area contributed by atoms with Gasteiger partial charge in [-0.25, -0.2) is 0 Å². The summed E-state index contributed by atoms with van der Waals surface area (Å²) in [6, 6.07) is 4.02. The molecule has 0 radical (unpaired) electrons. The Morgan fingerprint density at radius 1 is 1.27 bits per heavy atom. The van der Waals surface area contributed by atoms with E-state index in [2.05, 4.69) is 0 Å². The molecule has 0 aliphatic heterocycles. The van der Waals surface area contributed by atoms with Gasteiger partial charge in [0.25, 0.3) is 0 Å². The molecule has 0 fully saturated rings. The van der Waals surface area contributed by atoms with Gasteiger partial charge < -0.3 is 4.74 Å². The minimum Gasteiger partial charge on any atom is -0.496 e. The zero-order chi connectivity index (χ0) is 11.5. The topological polar surface area (TPSA) is 9.23 Å². The molecule has 15 heavy (non-hydrogen) atoms. The first kappa shape index (κ1) is 11.9. The summed E-state index contributed by atoms with van der Waals surface area (Å²) in [5, 5.41) is 0. The molecule has 84 valence electrons. The van der Waals surface area contributed by atoms with Crippen molar-refractivity contribution in [1.82, 2.24) is 0 Å². The maximum atomic E-state index is 12.5. The molecule has 1 rings (SSSR count). The number of hydrogen-bond acceptors (Lipinski definition) is 1. The molecule has 1 nitrogen and oxygen atoms in total. The van der Waals surface area contributed by atoms with Crippen LogP contribution in [0, 0.1) is 0 Å². The molecule has 0 N–H and O–H groups in total. The van der Waals surface area contributed by atoms with Crippen LogP contribution >= 0.6 is 0 Å². The van der Waals surface area contributed by atoms with Crippen LogP contribution in [0.3, 0.4) is 0 Å². The first-order valence-corrected chi connectivity index (χ1v) is 4.73. The van der Waals surface area contributed by atoms with Crippen molar-refractivity contribution in [3.63, 3.8) is 0 Å². The van der Waals surface area contributed by atoms with E-state index < -0.39 is 11.7 Å². The van der Waals surface area contributed by atoms with Gasteiger partial charge in [-0.2, -0.15) is 13.2 Å². The van der Waals surface area contributed by atoms with E-state index in [9.17, 15) is 13.2 Å². The highest BCUT2D eigenvalue weighted by Crippen LogP contribution is 2.36. The minimum atomic E-state index is -4.35. The lowest BCUT2D eigenvalue weighted by atomic mass is 10.1. The molecule has 1 aromatic rings. The average Bonchev–Trinajstić information content (AvgIpc) is 2.16. The predicted octanol–water partition coefficient (Wildman–Crippen LogP) is 3.67. The molecular formula is C11H13F3O. The molecule has 1 aromatic carbocycles. The van der Waals surface area contributed by atoms with Gasteiger partial charge in [0.2, 0.25) is 0 Å². The Hall–Kier alpha value is -1.19. The van der Waals surface area contributed by atoms with Gasteiger partial charge in [-0.05, 0) is 24.1 Å². The molecular weight excluding hydrogens is 205 g/mol. The molecule has 0 spiro atoms. The summed E-state index contributed by atoms with van der Waals surface area (Å²) >= 11 is 0. The van der Waals surface area contributed by atoms with E-state index in [4.69, 9.17) is 4.74 Å². The summed E-state index contributed by atoms with van der Waals surface area (Å²) < 4.78 is 42.2. The summed E-state index contributed by atoms with van der Waals surface area (Å²) in [6.07, 6.45) is -2.70. The molecule has 0 aliphatic rings. The predicted molar refractivity (Wildman–Crippen MR) is 52.0 cm³/mol. The van der Waals surface area contributed by atoms with Crippen LogP contribution in [0.4, 0.5) is 13.2 Å². The molecule has 0 bridgehead atoms. The lowest BCUT2D eigenvalue weighted by Crippen LogP contribution is -2.07. The summed E-state index contributed by atoms with van der Waals surface area (Å²) in [7, 11) is 1.25. The molecule has 0 heterocycles. The fraction of sp³-hybridized carbons (Fsp3) is 0.455. The highest BCUT2D eigenvalue weighted by Gasteiger charge is 2.34. The number of hydrogen-bond donors (Lipinski definition) is 0. The Bertz CT molecular complexity index is 331. The number of halogens is 3. The third-order valence-electron chi connectivity index (χ3n) is 2.11. The first-order valence-electron chi connectivity index (χ1n) is 4.73. The number of ether oxygens (including phenoxy) is 1. The highest BCUT2D eigenvalue weighted by atomic mass is 19.4. The Morgan fingerprint density at radius 3 is 2.40 bits per heavy atom. The van der Waals surface area contributed by atoms with Crippen LogP contribution in [-0.4, -0.2) is 7.11 Å². The average molecular weight is 218 g/mol. The summed E-state index contributed by atoms with van der Waals surface area (Å²) in [5.41, 5.74) is 0.146. The van der Waals surface area contributed by atoms with Gasteiger partial charge >= 0.3 is 6.18 Å². The molecule has 0 saturated heterocycles. The molecule has 0 unspecified atom stereocenters. The SMILES string of the molecule is CCCc1ccc(C(F)(F)F)c(OC)c1. The first-order chi connectivity index (χ1) is 6.99. The molecule has 0 saturated carbocycles. The summed E-state index contributed by atoms with van der Waals surface area (Å²) in [5.74, 6) is -0.103. The van der Waals surface area contributed by atoms with Crippen molar-refractivity contribution in [3.05, 3.63) is 29.3 Å². The summed E-state index contributed by atoms with van der Waals surface area (Å²) in [4.78, 5) is 0. The van der Waals surface area contributed by atoms with Crippen LogP contribution in [-0.2, 0) is 12.6 Å². The van der Waals surface area contributed by atoms with Crippen molar-refractivity contribution in [2.24, 2.45) is 0 Å². The molecule has 0 amide bonds. The largest absolute Gasteiger partial charge is 0.496 e. The molecule has 0 aliphatic carbocycles. The maximum Gasteiger partial charge on any atom is 0.419 e. The number of aryl methyl sites for hydroxylation is 1. The van der Waals surface area contributed by atoms with E-state index in [0.29, 0.717) is 0 Å². The van der Waals surface area contributed by atoms with Crippen molar-refractivity contribution >= 4 is 0 Å². The van der Waals surface area contributed by atoms with E-state index in [1.54, 1.807) is 0 Å². The van der Waals surface area contributed by atoms with E-state index in [1.165, 1.54) is 19.2 Å². The number of alkyl halides is 3. The second-order valence-electron chi connectivity index (χ2n) is 3.28. The normalized spacial score (nSPS) is 11.5. The number of benzene rings is 1. The van der Waals surface area contributed by atoms with Crippen molar-refractivity contribution in [2.45, 2.75) is 25.9 Å². The Balaban J connectivity index is 3.09. The van der Waals surface area contributed by atoms with Gasteiger partial charge in [0.15, 0.2) is 0 Å². The molecule has 0 atom stereocenters. The van der Waals surface area contributed by atoms with Gasteiger partial charge in [0.05, 0.1) is 12.7 Å². The number of methoxy groups -OCH3 is 1. The number of rotatable bonds is 3. The van der Waals surface area contributed by atoms with Crippen LogP contribution in [0.1, 0.15) is 24.5 Å². The zero-order valence-electron chi connectivity index (χ0n) is 8.69. The zero-order valence-corrected chi connectivity index (χ0v) is 8.69. The Morgan fingerprint density at radius 2 is 1.93 bits per heavy atom. The van der Waals surface area contributed by atoms with Crippen molar-refractivity contribution in [1.29, 1.82) is 0 Å². The van der Waals surface area contributed by atoms with Crippen molar-refractivity contribution < 1.29 is 17.9 Å². The highest BCUT2D eigenvalue weighted by molar-refractivity contribution is 5.39. The minimum absolute atomic E-state index is 0.103. The van der Waals surface area contributed by atoms with Crippen LogP contribution in [0.15, 0.2) is 18.2 Å². The third kappa shape index (κ3) is 2.88. The lowest BCUT2D eigenvalue weighted by molar-refractivity contribution is -0.138. The second-order valence-corrected chi connectivity index (χ2v) is 3.28. The van der Waals surface area contributed by atoms with Crippen LogP contribution < -0.4 is 4.74 Å². The molecule has 0 aromatic heterocycles. The fourth-order valence-electron chi connectivity index (χ4n) is 1.41. The van der Waals surface area contributed by atoms with Crippen LogP contribution in [0.25, 0.3) is 0 Å². The van der Waals surface area contributed by atoms with E-state index in [1.807, 2.05) is 6.92 Å². The summed E-state index contributed by atoms with van der Waals surface area (Å²) in [6.45, 7) is 1.98. The third-order valence-corrected chi connectivity index (χ3v) is 2.11. The maximum absolute atomic E-state index is 12.5. The van der Waals surface area contributed by atoms with Gasteiger partial charge in [0.1, 0.15) is 5.75 Å². The standard InChI is InChI=1S/C11H13F3O/c1-3-4-8-5-6-9(11(12,13)14)10(7-8)15-2/h5-7H,3-4H2,1-2H3.